The number of amides is 1. The van der Waals surface area contributed by atoms with E-state index in [9.17, 15) is 9.18 Å². The minimum Gasteiger partial charge on any atom is -0.339 e. The lowest BCUT2D eigenvalue weighted by Crippen LogP contribution is -2.65. The minimum absolute atomic E-state index is 0.0110. The van der Waals surface area contributed by atoms with Gasteiger partial charge in [0.25, 0.3) is 0 Å². The second-order valence-electron chi connectivity index (χ2n) is 14.9. The summed E-state index contributed by atoms with van der Waals surface area (Å²) in [5.41, 5.74) is 3.16. The molecule has 7 nitrogen and oxygen atoms in total. The van der Waals surface area contributed by atoms with Gasteiger partial charge in [0, 0.05) is 42.4 Å². The highest BCUT2D eigenvalue weighted by Crippen LogP contribution is 2.71. The van der Waals surface area contributed by atoms with Gasteiger partial charge in [0.2, 0.25) is 11.8 Å². The van der Waals surface area contributed by atoms with Crippen molar-refractivity contribution >= 4 is 22.5 Å². The number of alkyl halides is 1. The molecule has 0 radical (unpaired) electrons. The molecule has 7 aliphatic rings. The SMILES string of the molecule is Cn1ncc2cc(-c3cccc(N(CC45CCC(c6nc(C7CC7)no6)(CC4)CC5)C(=O)CC45CC(F)(C4)C5)c3)ccc21. The molecular weight excluding hydrogens is 541 g/mol. The van der Waals surface area contributed by atoms with Crippen LogP contribution in [-0.2, 0) is 17.3 Å². The van der Waals surface area contributed by atoms with Crippen molar-refractivity contribution in [2.45, 2.75) is 94.1 Å². The molecule has 43 heavy (non-hydrogen) atoms. The van der Waals surface area contributed by atoms with Crippen LogP contribution in [0.4, 0.5) is 10.1 Å². The predicted octanol–water partition coefficient (Wildman–Crippen LogP) is 7.41. The molecule has 4 aromatic rings. The Labute approximate surface area is 250 Å². The van der Waals surface area contributed by atoms with Crippen molar-refractivity contribution in [3.05, 3.63) is 60.4 Å². The smallest absolute Gasteiger partial charge is 0.232 e. The molecule has 0 atom stereocenters. The van der Waals surface area contributed by atoms with Crippen LogP contribution in [0.15, 0.2) is 53.2 Å². The van der Waals surface area contributed by atoms with Crippen LogP contribution >= 0.6 is 0 Å². The zero-order valence-corrected chi connectivity index (χ0v) is 24.8. The number of aromatic nitrogens is 4. The highest BCUT2D eigenvalue weighted by Gasteiger charge is 2.69. The summed E-state index contributed by atoms with van der Waals surface area (Å²) in [5, 5.41) is 9.83. The van der Waals surface area contributed by atoms with Gasteiger partial charge >= 0.3 is 0 Å². The van der Waals surface area contributed by atoms with Crippen LogP contribution in [0.2, 0.25) is 0 Å². The van der Waals surface area contributed by atoms with Crippen LogP contribution in [-0.4, -0.2) is 38.0 Å². The molecule has 0 saturated heterocycles. The zero-order valence-electron chi connectivity index (χ0n) is 24.8. The van der Waals surface area contributed by atoms with E-state index < -0.39 is 5.67 Å². The molecule has 7 fully saturated rings. The molecule has 0 N–H and O–H groups in total. The van der Waals surface area contributed by atoms with E-state index in [0.717, 1.165) is 78.0 Å². The van der Waals surface area contributed by atoms with Crippen molar-refractivity contribution in [2.75, 3.05) is 11.4 Å². The van der Waals surface area contributed by atoms with Gasteiger partial charge in [0.15, 0.2) is 5.82 Å². The number of rotatable bonds is 8. The lowest BCUT2D eigenvalue weighted by atomic mass is 9.41. The summed E-state index contributed by atoms with van der Waals surface area (Å²) < 4.78 is 22.2. The van der Waals surface area contributed by atoms with Gasteiger partial charge in [0.05, 0.1) is 11.7 Å². The van der Waals surface area contributed by atoms with Crippen molar-refractivity contribution in [2.24, 2.45) is 17.9 Å². The normalized spacial score (nSPS) is 32.4. The van der Waals surface area contributed by atoms with Crippen LogP contribution < -0.4 is 4.90 Å². The third-order valence-electron chi connectivity index (χ3n) is 11.9. The van der Waals surface area contributed by atoms with Crippen LogP contribution in [0.1, 0.15) is 94.7 Å². The van der Waals surface area contributed by atoms with E-state index >= 15 is 0 Å². The van der Waals surface area contributed by atoms with E-state index in [1.165, 1.54) is 12.8 Å². The van der Waals surface area contributed by atoms with Gasteiger partial charge in [0.1, 0.15) is 5.67 Å². The molecule has 7 aliphatic carbocycles. The van der Waals surface area contributed by atoms with Crippen molar-refractivity contribution in [1.29, 1.82) is 0 Å². The van der Waals surface area contributed by atoms with Crippen molar-refractivity contribution in [3.63, 3.8) is 0 Å². The molecule has 0 spiro atoms. The Bertz CT molecular complexity index is 1720. The summed E-state index contributed by atoms with van der Waals surface area (Å²) in [5.74, 6) is 2.38. The Morgan fingerprint density at radius 1 is 1.00 bits per heavy atom. The quantitative estimate of drug-likeness (QED) is 0.217. The number of hydrogen-bond acceptors (Lipinski definition) is 5. The largest absolute Gasteiger partial charge is 0.339 e. The number of carbonyl (C=O) groups is 1. The fourth-order valence-electron chi connectivity index (χ4n) is 9.10. The van der Waals surface area contributed by atoms with Gasteiger partial charge in [-0.05, 0) is 117 Å². The Hall–Kier alpha value is -3.55. The van der Waals surface area contributed by atoms with Crippen molar-refractivity contribution in [3.8, 4) is 11.1 Å². The zero-order chi connectivity index (χ0) is 29.0. The molecule has 4 bridgehead atoms. The van der Waals surface area contributed by atoms with E-state index in [-0.39, 0.29) is 22.2 Å². The van der Waals surface area contributed by atoms with Crippen molar-refractivity contribution in [1.82, 2.24) is 19.9 Å². The maximum atomic E-state index is 14.4. The molecule has 2 heterocycles. The molecule has 2 aromatic heterocycles. The number of halogens is 1. The maximum absolute atomic E-state index is 14.4. The first-order valence-corrected chi connectivity index (χ1v) is 16.1. The van der Waals surface area contributed by atoms with Crippen LogP contribution in [0, 0.1) is 10.8 Å². The van der Waals surface area contributed by atoms with Gasteiger partial charge in [-0.1, -0.05) is 23.4 Å². The standard InChI is InChI=1S/C35H38FN5O2/c1-40-28-8-7-25(15-26(28)18-37-40)24-3-2-4-27(16-24)41(29(42)17-33-19-35(36,20-33)21-33)22-32-9-12-34(13-10-32,14-11-32)31-38-30(39-43-31)23-5-6-23/h2-4,7-8,15-16,18,23H,5-6,9-14,17,19-22H2,1H3. The summed E-state index contributed by atoms with van der Waals surface area (Å²) in [6.07, 6.45) is 12.6. The molecule has 11 rings (SSSR count). The van der Waals surface area contributed by atoms with Crippen molar-refractivity contribution < 1.29 is 13.7 Å². The first kappa shape index (κ1) is 25.9. The van der Waals surface area contributed by atoms with Crippen LogP contribution in [0.5, 0.6) is 0 Å². The highest BCUT2D eigenvalue weighted by atomic mass is 19.1. The number of hydrogen-bond donors (Lipinski definition) is 0. The van der Waals surface area contributed by atoms with Gasteiger partial charge in [-0.2, -0.15) is 10.1 Å². The molecule has 0 unspecified atom stereocenters. The second-order valence-corrected chi connectivity index (χ2v) is 14.9. The molecule has 0 aliphatic heterocycles. The van der Waals surface area contributed by atoms with E-state index in [1.807, 2.05) is 17.9 Å². The van der Waals surface area contributed by atoms with E-state index in [0.29, 0.717) is 38.1 Å². The summed E-state index contributed by atoms with van der Waals surface area (Å²) >= 11 is 0. The van der Waals surface area contributed by atoms with Crippen LogP contribution in [0.3, 0.4) is 0 Å². The molecular formula is C35H38FN5O2. The third kappa shape index (κ3) is 4.11. The fraction of sp³-hybridized carbons (Fsp3) is 0.543. The molecule has 8 heteroatoms. The van der Waals surface area contributed by atoms with E-state index in [4.69, 9.17) is 9.51 Å². The lowest BCUT2D eigenvalue weighted by Gasteiger charge is -2.66. The summed E-state index contributed by atoms with van der Waals surface area (Å²) in [7, 11) is 1.95. The number of benzene rings is 2. The van der Waals surface area contributed by atoms with Gasteiger partial charge in [-0.15, -0.1) is 0 Å². The molecule has 2 aromatic carbocycles. The molecule has 222 valence electrons. The monoisotopic (exact) mass is 579 g/mol. The Balaban J connectivity index is 0.999. The van der Waals surface area contributed by atoms with Gasteiger partial charge in [-0.25, -0.2) is 4.39 Å². The van der Waals surface area contributed by atoms with Gasteiger partial charge < -0.3 is 9.42 Å². The minimum atomic E-state index is -1.00. The second kappa shape index (κ2) is 8.76. The highest BCUT2D eigenvalue weighted by molar-refractivity contribution is 5.95. The van der Waals surface area contributed by atoms with Gasteiger partial charge in [-0.3, -0.25) is 9.48 Å². The van der Waals surface area contributed by atoms with E-state index in [2.05, 4.69) is 57.6 Å². The Morgan fingerprint density at radius 3 is 2.47 bits per heavy atom. The number of nitrogens with zero attached hydrogens (tertiary/aromatic N) is 5. The molecule has 1 amide bonds. The summed E-state index contributed by atoms with van der Waals surface area (Å²) in [6, 6.07) is 14.8. The Morgan fingerprint density at radius 2 is 1.74 bits per heavy atom. The number of aryl methyl sites for hydroxylation is 1. The maximum Gasteiger partial charge on any atom is 0.232 e. The number of carbonyl (C=O) groups excluding carboxylic acids is 1. The van der Waals surface area contributed by atoms with E-state index in [1.54, 1.807) is 0 Å². The average Bonchev–Trinajstić information content (AvgIpc) is 3.61. The fourth-order valence-corrected chi connectivity index (χ4v) is 9.10. The number of anilines is 1. The summed E-state index contributed by atoms with van der Waals surface area (Å²) in [4.78, 5) is 21.1. The predicted molar refractivity (Wildman–Crippen MR) is 161 cm³/mol. The van der Waals surface area contributed by atoms with Crippen LogP contribution in [0.25, 0.3) is 22.0 Å². The number of fused-ring (bicyclic) bond motifs is 4. The topological polar surface area (TPSA) is 77.1 Å². The molecule has 7 saturated carbocycles. The summed E-state index contributed by atoms with van der Waals surface area (Å²) in [6.45, 7) is 0.709. The first-order valence-electron chi connectivity index (χ1n) is 16.1. The average molecular weight is 580 g/mol. The Kier molecular flexibility index (Phi) is 5.28. The third-order valence-corrected chi connectivity index (χ3v) is 11.9. The lowest BCUT2D eigenvalue weighted by molar-refractivity contribution is -0.215. The first-order chi connectivity index (χ1) is 20.7.